The summed E-state index contributed by atoms with van der Waals surface area (Å²) in [5, 5.41) is 10.6. The number of hydrogen-bond donors (Lipinski definition) is 1. The highest BCUT2D eigenvalue weighted by Gasteiger charge is 2.16. The normalized spacial score (nSPS) is 11.4. The number of rotatable bonds is 7. The maximum atomic E-state index is 11.8. The highest BCUT2D eigenvalue weighted by Crippen LogP contribution is 2.16. The first-order valence-corrected chi connectivity index (χ1v) is 6.69. The lowest BCUT2D eigenvalue weighted by Gasteiger charge is -2.06. The molecule has 0 aromatic heterocycles. The van der Waals surface area contributed by atoms with Gasteiger partial charge in [-0.2, -0.15) is 0 Å². The number of nitrogens with one attached hydrogen (secondary N) is 1. The average molecular weight is 274 g/mol. The van der Waals surface area contributed by atoms with E-state index in [0.29, 0.717) is 13.0 Å². The van der Waals surface area contributed by atoms with Crippen molar-refractivity contribution in [2.45, 2.75) is 11.3 Å². The molecule has 0 bridgehead atoms. The summed E-state index contributed by atoms with van der Waals surface area (Å²) in [4.78, 5) is 9.80. The topological polar surface area (TPSA) is 98.5 Å². The summed E-state index contributed by atoms with van der Waals surface area (Å²) < 4.78 is 30.7. The van der Waals surface area contributed by atoms with Gasteiger partial charge in [0.2, 0.25) is 10.0 Å². The van der Waals surface area contributed by atoms with E-state index in [-0.39, 0.29) is 17.1 Å². The maximum absolute atomic E-state index is 11.8. The van der Waals surface area contributed by atoms with Crippen LogP contribution in [0.4, 0.5) is 5.69 Å². The first-order chi connectivity index (χ1) is 8.47. The minimum absolute atomic E-state index is 0.117. The number of nitro groups is 1. The van der Waals surface area contributed by atoms with Crippen molar-refractivity contribution in [2.75, 3.05) is 20.3 Å². The zero-order chi connectivity index (χ0) is 13.6. The van der Waals surface area contributed by atoms with Gasteiger partial charge >= 0.3 is 0 Å². The fourth-order valence-corrected chi connectivity index (χ4v) is 2.38. The highest BCUT2D eigenvalue weighted by atomic mass is 32.2. The molecule has 0 heterocycles. The van der Waals surface area contributed by atoms with E-state index < -0.39 is 14.9 Å². The van der Waals surface area contributed by atoms with Crippen molar-refractivity contribution in [1.29, 1.82) is 0 Å². The molecule has 0 unspecified atom stereocenters. The molecule has 8 heteroatoms. The molecule has 100 valence electrons. The molecule has 0 aliphatic carbocycles. The van der Waals surface area contributed by atoms with Crippen LogP contribution < -0.4 is 4.72 Å². The minimum Gasteiger partial charge on any atom is -0.385 e. The molecule has 0 fully saturated rings. The zero-order valence-electron chi connectivity index (χ0n) is 9.83. The number of non-ortho nitro benzene ring substituents is 1. The summed E-state index contributed by atoms with van der Waals surface area (Å²) in [5.41, 5.74) is -0.255. The summed E-state index contributed by atoms with van der Waals surface area (Å²) in [6.07, 6.45) is 0.532. The van der Waals surface area contributed by atoms with Gasteiger partial charge in [-0.25, -0.2) is 13.1 Å². The first kappa shape index (κ1) is 14.6. The number of ether oxygens (including phenoxy) is 1. The van der Waals surface area contributed by atoms with E-state index in [2.05, 4.69) is 4.72 Å². The Kier molecular flexibility index (Phi) is 5.20. The minimum atomic E-state index is -3.71. The Morgan fingerprint density at radius 3 is 2.78 bits per heavy atom. The monoisotopic (exact) mass is 274 g/mol. The Morgan fingerprint density at radius 1 is 1.44 bits per heavy atom. The van der Waals surface area contributed by atoms with Crippen LogP contribution in [0.15, 0.2) is 29.2 Å². The fraction of sp³-hybridized carbons (Fsp3) is 0.400. The van der Waals surface area contributed by atoms with Crippen LogP contribution in [0.1, 0.15) is 6.42 Å². The molecular weight excluding hydrogens is 260 g/mol. The molecule has 0 aliphatic heterocycles. The Hall–Kier alpha value is -1.51. The summed E-state index contributed by atoms with van der Waals surface area (Å²) in [6, 6.07) is 4.91. The Balaban J connectivity index is 2.78. The van der Waals surface area contributed by atoms with E-state index in [9.17, 15) is 18.5 Å². The first-order valence-electron chi connectivity index (χ1n) is 5.20. The molecule has 0 atom stereocenters. The van der Waals surface area contributed by atoms with Gasteiger partial charge in [-0.05, 0) is 12.5 Å². The van der Waals surface area contributed by atoms with Crippen molar-refractivity contribution in [3.05, 3.63) is 34.4 Å². The largest absolute Gasteiger partial charge is 0.385 e. The lowest BCUT2D eigenvalue weighted by atomic mass is 10.3. The molecule has 1 rings (SSSR count). The predicted molar refractivity (Wildman–Crippen MR) is 64.8 cm³/mol. The van der Waals surface area contributed by atoms with Crippen LogP contribution >= 0.6 is 0 Å². The lowest BCUT2D eigenvalue weighted by molar-refractivity contribution is -0.385. The van der Waals surface area contributed by atoms with Crippen molar-refractivity contribution >= 4 is 15.7 Å². The summed E-state index contributed by atoms with van der Waals surface area (Å²) in [7, 11) is -2.18. The number of methoxy groups -OCH3 is 1. The van der Waals surface area contributed by atoms with Gasteiger partial charge < -0.3 is 4.74 Å². The second kappa shape index (κ2) is 6.43. The summed E-state index contributed by atoms with van der Waals surface area (Å²) >= 11 is 0. The van der Waals surface area contributed by atoms with Gasteiger partial charge in [-0.3, -0.25) is 10.1 Å². The maximum Gasteiger partial charge on any atom is 0.270 e. The summed E-state index contributed by atoms with van der Waals surface area (Å²) in [6.45, 7) is 0.663. The van der Waals surface area contributed by atoms with Crippen LogP contribution in [0.3, 0.4) is 0 Å². The van der Waals surface area contributed by atoms with Gasteiger partial charge in [0.25, 0.3) is 5.69 Å². The molecule has 0 saturated heterocycles. The van der Waals surface area contributed by atoms with Gasteiger partial charge in [-0.15, -0.1) is 0 Å². The average Bonchev–Trinajstić information content (AvgIpc) is 2.35. The third-order valence-electron chi connectivity index (χ3n) is 2.16. The third-order valence-corrected chi connectivity index (χ3v) is 3.61. The highest BCUT2D eigenvalue weighted by molar-refractivity contribution is 7.89. The molecule has 1 aromatic carbocycles. The smallest absolute Gasteiger partial charge is 0.270 e. The van der Waals surface area contributed by atoms with Gasteiger partial charge in [0.05, 0.1) is 9.82 Å². The van der Waals surface area contributed by atoms with Gasteiger partial charge in [0, 0.05) is 32.4 Å². The molecule has 1 N–H and O–H groups in total. The fourth-order valence-electron chi connectivity index (χ4n) is 1.27. The van der Waals surface area contributed by atoms with Crippen molar-refractivity contribution < 1.29 is 18.1 Å². The Bertz CT molecular complexity index is 515. The van der Waals surface area contributed by atoms with E-state index in [1.54, 1.807) is 0 Å². The molecule has 18 heavy (non-hydrogen) atoms. The van der Waals surface area contributed by atoms with Crippen LogP contribution in [-0.2, 0) is 14.8 Å². The van der Waals surface area contributed by atoms with Crippen LogP contribution in [-0.4, -0.2) is 33.6 Å². The van der Waals surface area contributed by atoms with Crippen LogP contribution in [0.2, 0.25) is 0 Å². The number of hydrogen-bond acceptors (Lipinski definition) is 5. The van der Waals surface area contributed by atoms with Crippen LogP contribution in [0.5, 0.6) is 0 Å². The van der Waals surface area contributed by atoms with E-state index in [0.717, 1.165) is 6.07 Å². The van der Waals surface area contributed by atoms with Crippen molar-refractivity contribution in [1.82, 2.24) is 4.72 Å². The van der Waals surface area contributed by atoms with E-state index in [1.807, 2.05) is 0 Å². The second-order valence-corrected chi connectivity index (χ2v) is 5.27. The number of nitrogens with zero attached hydrogens (tertiary/aromatic N) is 1. The van der Waals surface area contributed by atoms with Gasteiger partial charge in [0.15, 0.2) is 0 Å². The molecule has 0 amide bonds. The molecule has 0 spiro atoms. The van der Waals surface area contributed by atoms with Crippen molar-refractivity contribution in [3.63, 3.8) is 0 Å². The zero-order valence-corrected chi connectivity index (χ0v) is 10.6. The van der Waals surface area contributed by atoms with Crippen LogP contribution in [0, 0.1) is 10.1 Å². The molecule has 0 radical (unpaired) electrons. The van der Waals surface area contributed by atoms with E-state index >= 15 is 0 Å². The summed E-state index contributed by atoms with van der Waals surface area (Å²) in [5.74, 6) is 0. The lowest BCUT2D eigenvalue weighted by Crippen LogP contribution is -2.25. The van der Waals surface area contributed by atoms with Crippen molar-refractivity contribution in [3.8, 4) is 0 Å². The molecule has 0 aliphatic rings. The second-order valence-electron chi connectivity index (χ2n) is 3.50. The van der Waals surface area contributed by atoms with Gasteiger partial charge in [0.1, 0.15) is 0 Å². The Morgan fingerprint density at radius 2 is 2.17 bits per heavy atom. The molecule has 0 saturated carbocycles. The molecule has 1 aromatic rings. The van der Waals surface area contributed by atoms with E-state index in [1.165, 1.54) is 25.3 Å². The third kappa shape index (κ3) is 4.06. The van der Waals surface area contributed by atoms with Crippen molar-refractivity contribution in [2.24, 2.45) is 0 Å². The molecular formula is C10H14N2O5S. The number of nitro benzene ring substituents is 1. The number of benzene rings is 1. The number of sulfonamides is 1. The standard InChI is InChI=1S/C10H14N2O5S/c1-17-7-3-6-11-18(15,16)10-5-2-4-9(8-10)12(13)14/h2,4-5,8,11H,3,6-7H2,1H3. The van der Waals surface area contributed by atoms with Gasteiger partial charge in [-0.1, -0.05) is 6.07 Å². The molecule has 7 nitrogen and oxygen atoms in total. The predicted octanol–water partition coefficient (Wildman–Crippen LogP) is 0.910. The SMILES string of the molecule is COCCCNS(=O)(=O)c1cccc([N+](=O)[O-])c1. The van der Waals surface area contributed by atoms with Crippen LogP contribution in [0.25, 0.3) is 0 Å². The Labute approximate surface area is 105 Å². The van der Waals surface area contributed by atoms with E-state index in [4.69, 9.17) is 4.74 Å². The quantitative estimate of drug-likeness (QED) is 0.452.